The highest BCUT2D eigenvalue weighted by molar-refractivity contribution is 5.87. The zero-order valence-electron chi connectivity index (χ0n) is 22.2. The smallest absolute Gasteiger partial charge is 0.143 e. The van der Waals surface area contributed by atoms with Crippen LogP contribution in [-0.4, -0.2) is 58.3 Å². The van der Waals surface area contributed by atoms with Crippen LogP contribution in [0.4, 0.5) is 10.2 Å². The summed E-state index contributed by atoms with van der Waals surface area (Å²) < 4.78 is 16.4. The van der Waals surface area contributed by atoms with E-state index in [4.69, 9.17) is 17.1 Å². The summed E-state index contributed by atoms with van der Waals surface area (Å²) in [7, 11) is 1.83. The molecule has 0 spiro atoms. The van der Waals surface area contributed by atoms with Crippen LogP contribution < -0.4 is 16.0 Å². The Kier molecular flexibility index (Phi) is 6.69. The van der Waals surface area contributed by atoms with Crippen molar-refractivity contribution >= 4 is 16.9 Å². The molecule has 0 aliphatic carbocycles. The summed E-state index contributed by atoms with van der Waals surface area (Å²) in [6, 6.07) is 14.3. The molecule has 0 saturated carbocycles. The Labute approximate surface area is 232 Å². The number of terminal acetylenes is 1. The Morgan fingerprint density at radius 3 is 2.73 bits per heavy atom. The number of nitrogens with two attached hydrogens (primary N) is 1. The second-order valence-corrected chi connectivity index (χ2v) is 10.2. The van der Waals surface area contributed by atoms with Gasteiger partial charge in [0.2, 0.25) is 0 Å². The number of piperazine rings is 1. The van der Waals surface area contributed by atoms with Crippen molar-refractivity contribution in [3.8, 4) is 29.5 Å². The third-order valence-electron chi connectivity index (χ3n) is 7.96. The Hall–Kier alpha value is -4.70. The second kappa shape index (κ2) is 10.5. The third-order valence-corrected chi connectivity index (χ3v) is 7.96. The van der Waals surface area contributed by atoms with E-state index in [2.05, 4.69) is 32.2 Å². The van der Waals surface area contributed by atoms with Crippen molar-refractivity contribution in [3.05, 3.63) is 89.3 Å². The van der Waals surface area contributed by atoms with E-state index in [0.29, 0.717) is 41.9 Å². The van der Waals surface area contributed by atoms with Gasteiger partial charge in [-0.1, -0.05) is 18.1 Å². The standard InChI is InChI=1S/C31H29FN8/c1-3-20-5-4-6-22(30(20)32)16-39-26-10-27(39)19-38(18-26)29-8-7-21(14-36-29)28-9-23(24(11-33)13-35-2)17-40-31(28)25(12-34)15-37-40/h1,4-9,13-15,17,26-27,35H,10-11,16,18-19,33H2,2H3. The minimum Gasteiger partial charge on any atom is -0.394 e. The predicted molar refractivity (Wildman–Crippen MR) is 154 cm³/mol. The van der Waals surface area contributed by atoms with Crippen molar-refractivity contribution in [2.24, 2.45) is 5.73 Å². The Morgan fingerprint density at radius 2 is 2.05 bits per heavy atom. The van der Waals surface area contributed by atoms with Crippen LogP contribution >= 0.6 is 0 Å². The number of nitriles is 1. The molecular formula is C31H29FN8. The number of rotatable bonds is 7. The molecule has 3 N–H and O–H groups in total. The van der Waals surface area contributed by atoms with Gasteiger partial charge in [0.05, 0.1) is 22.8 Å². The fourth-order valence-corrected chi connectivity index (χ4v) is 5.91. The van der Waals surface area contributed by atoms with Gasteiger partial charge >= 0.3 is 0 Å². The first-order chi connectivity index (χ1) is 19.5. The first-order valence-electron chi connectivity index (χ1n) is 13.2. The van der Waals surface area contributed by atoms with Crippen LogP contribution in [0.25, 0.3) is 22.2 Å². The maximum Gasteiger partial charge on any atom is 0.143 e. The molecule has 2 unspecified atom stereocenters. The fraction of sp³-hybridized carbons (Fsp3) is 0.258. The maximum absolute atomic E-state index is 14.7. The van der Waals surface area contributed by atoms with E-state index in [-0.39, 0.29) is 5.82 Å². The number of hydrogen-bond acceptors (Lipinski definition) is 7. The summed E-state index contributed by atoms with van der Waals surface area (Å²) in [6.45, 7) is 2.57. The van der Waals surface area contributed by atoms with Crippen LogP contribution in [-0.2, 0) is 6.54 Å². The molecule has 9 heteroatoms. The molecule has 3 aliphatic rings. The molecule has 2 bridgehead atoms. The van der Waals surface area contributed by atoms with Gasteiger partial charge in [0.25, 0.3) is 0 Å². The van der Waals surface area contributed by atoms with Crippen LogP contribution in [0, 0.1) is 29.5 Å². The topological polar surface area (TPSA) is 98.5 Å². The normalized spacial score (nSPS) is 18.7. The van der Waals surface area contributed by atoms with Gasteiger partial charge in [-0.3, -0.25) is 4.90 Å². The highest BCUT2D eigenvalue weighted by Crippen LogP contribution is 2.37. The van der Waals surface area contributed by atoms with Crippen molar-refractivity contribution in [1.82, 2.24) is 24.8 Å². The van der Waals surface area contributed by atoms with E-state index >= 15 is 0 Å². The summed E-state index contributed by atoms with van der Waals surface area (Å²) >= 11 is 0. The zero-order valence-corrected chi connectivity index (χ0v) is 22.2. The summed E-state index contributed by atoms with van der Waals surface area (Å²) in [5.41, 5.74) is 11.8. The fourth-order valence-electron chi connectivity index (χ4n) is 5.91. The molecule has 3 saturated heterocycles. The lowest BCUT2D eigenvalue weighted by Crippen LogP contribution is -2.68. The molecule has 3 fully saturated rings. The van der Waals surface area contributed by atoms with Crippen LogP contribution in [0.15, 0.2) is 61.2 Å². The number of piperidine rings is 1. The van der Waals surface area contributed by atoms with Gasteiger partial charge < -0.3 is 16.0 Å². The molecule has 1 aromatic carbocycles. The molecule has 200 valence electrons. The first kappa shape index (κ1) is 25.6. The molecule has 0 radical (unpaired) electrons. The van der Waals surface area contributed by atoms with E-state index in [1.807, 2.05) is 56.0 Å². The van der Waals surface area contributed by atoms with Crippen molar-refractivity contribution in [2.45, 2.75) is 25.0 Å². The second-order valence-electron chi connectivity index (χ2n) is 10.2. The van der Waals surface area contributed by atoms with Gasteiger partial charge in [-0.2, -0.15) is 10.4 Å². The predicted octanol–water partition coefficient (Wildman–Crippen LogP) is 3.37. The van der Waals surface area contributed by atoms with Crippen molar-refractivity contribution in [1.29, 1.82) is 5.26 Å². The number of benzene rings is 1. The highest BCUT2D eigenvalue weighted by Gasteiger charge is 2.45. The summed E-state index contributed by atoms with van der Waals surface area (Å²) in [5.74, 6) is 3.04. The summed E-state index contributed by atoms with van der Waals surface area (Å²) in [6.07, 6.45) is 13.7. The molecule has 3 aromatic heterocycles. The number of aromatic nitrogens is 3. The number of hydrogen-bond donors (Lipinski definition) is 2. The maximum atomic E-state index is 14.7. The first-order valence-corrected chi connectivity index (χ1v) is 13.2. The number of halogens is 1. The van der Waals surface area contributed by atoms with Gasteiger partial charge in [0.1, 0.15) is 17.7 Å². The van der Waals surface area contributed by atoms with Crippen LogP contribution in [0.1, 0.15) is 28.7 Å². The van der Waals surface area contributed by atoms with Gasteiger partial charge in [-0.15, -0.1) is 6.42 Å². The van der Waals surface area contributed by atoms with E-state index in [1.54, 1.807) is 16.8 Å². The average molecular weight is 533 g/mol. The number of fused-ring (bicyclic) bond motifs is 3. The van der Waals surface area contributed by atoms with Gasteiger partial charge in [-0.25, -0.2) is 13.9 Å². The van der Waals surface area contributed by atoms with Crippen LogP contribution in [0.2, 0.25) is 0 Å². The number of pyridine rings is 2. The van der Waals surface area contributed by atoms with Gasteiger partial charge in [-0.05, 0) is 41.8 Å². The minimum atomic E-state index is -0.292. The number of anilines is 1. The minimum absolute atomic E-state index is 0.292. The largest absolute Gasteiger partial charge is 0.394 e. The van der Waals surface area contributed by atoms with E-state index < -0.39 is 0 Å². The Bertz CT molecular complexity index is 1680. The van der Waals surface area contributed by atoms with Crippen LogP contribution in [0.3, 0.4) is 0 Å². The SMILES string of the molecule is C#Cc1cccc(CN2C3CC2CN(c2ccc(-c4cc(C(=CNC)CN)cn5ncc(C#N)c45)cn2)C3)c1F. The molecule has 0 amide bonds. The van der Waals surface area contributed by atoms with Gasteiger partial charge in [0.15, 0.2) is 0 Å². The zero-order chi connectivity index (χ0) is 27.8. The van der Waals surface area contributed by atoms with Crippen LogP contribution in [0.5, 0.6) is 0 Å². The molecule has 6 heterocycles. The highest BCUT2D eigenvalue weighted by atomic mass is 19.1. The Morgan fingerprint density at radius 1 is 1.23 bits per heavy atom. The molecular weight excluding hydrogens is 503 g/mol. The summed E-state index contributed by atoms with van der Waals surface area (Å²) in [4.78, 5) is 9.47. The Balaban J connectivity index is 1.24. The van der Waals surface area contributed by atoms with Crippen molar-refractivity contribution < 1.29 is 4.39 Å². The third kappa shape index (κ3) is 4.36. The molecule has 7 rings (SSSR count). The summed E-state index contributed by atoms with van der Waals surface area (Å²) in [5, 5.41) is 17.2. The lowest BCUT2D eigenvalue weighted by atomic mass is 9.86. The monoisotopic (exact) mass is 532 g/mol. The lowest BCUT2D eigenvalue weighted by molar-refractivity contribution is -0.00946. The number of nitrogens with one attached hydrogen (secondary N) is 1. The van der Waals surface area contributed by atoms with Gasteiger partial charge in [0, 0.05) is 80.6 Å². The van der Waals surface area contributed by atoms with Crippen molar-refractivity contribution in [2.75, 3.05) is 31.6 Å². The van der Waals surface area contributed by atoms with Crippen molar-refractivity contribution in [3.63, 3.8) is 0 Å². The molecule has 3 aliphatic heterocycles. The lowest BCUT2D eigenvalue weighted by Gasteiger charge is -2.56. The van der Waals surface area contributed by atoms with E-state index in [0.717, 1.165) is 53.1 Å². The molecule has 4 aromatic rings. The number of nitrogens with zero attached hydrogens (tertiary/aromatic N) is 6. The average Bonchev–Trinajstić information content (AvgIpc) is 3.42. The molecule has 40 heavy (non-hydrogen) atoms. The molecule has 2 atom stereocenters. The van der Waals surface area contributed by atoms with E-state index in [9.17, 15) is 9.65 Å². The quantitative estimate of drug-likeness (QED) is 0.352. The van der Waals surface area contributed by atoms with E-state index in [1.165, 1.54) is 0 Å². The molecule has 8 nitrogen and oxygen atoms in total.